The van der Waals surface area contributed by atoms with Crippen molar-refractivity contribution in [1.29, 1.82) is 0 Å². The van der Waals surface area contributed by atoms with Gasteiger partial charge < -0.3 is 0 Å². The summed E-state index contributed by atoms with van der Waals surface area (Å²) in [7, 11) is -1.17. The van der Waals surface area contributed by atoms with Crippen molar-refractivity contribution in [2.24, 2.45) is 0 Å². The zero-order chi connectivity index (χ0) is 12.7. The molecule has 0 radical (unpaired) electrons. The lowest BCUT2D eigenvalue weighted by Crippen LogP contribution is -2.24. The lowest BCUT2D eigenvalue weighted by molar-refractivity contribution is 0.505. The van der Waals surface area contributed by atoms with Gasteiger partial charge in [-0.15, -0.1) is 0 Å². The first-order valence-electron chi connectivity index (χ1n) is 4.26. The Morgan fingerprint density at radius 3 is 2.38 bits per heavy atom. The summed E-state index contributed by atoms with van der Waals surface area (Å²) < 4.78 is 38.5. The summed E-state index contributed by atoms with van der Waals surface area (Å²) in [6, 6.07) is 1.33. The van der Waals surface area contributed by atoms with Crippen molar-refractivity contribution in [3.05, 3.63) is 26.9 Å². The fourth-order valence-corrected chi connectivity index (χ4v) is 3.30. The predicted octanol–water partition coefficient (Wildman–Crippen LogP) is 2.80. The Bertz CT molecular complexity index is 505. The first-order valence-corrected chi connectivity index (χ1v) is 6.87. The van der Waals surface area contributed by atoms with E-state index in [9.17, 15) is 12.8 Å². The van der Waals surface area contributed by atoms with Gasteiger partial charge in [0.25, 0.3) is 0 Å². The number of hydrogen-bond acceptors (Lipinski definition) is 2. The van der Waals surface area contributed by atoms with E-state index in [4.69, 9.17) is 11.6 Å². The second kappa shape index (κ2) is 4.60. The molecule has 16 heavy (non-hydrogen) atoms. The van der Waals surface area contributed by atoms with Gasteiger partial charge in [-0.25, -0.2) is 17.1 Å². The molecule has 0 aliphatic heterocycles. The van der Waals surface area contributed by atoms with Gasteiger partial charge in [-0.3, -0.25) is 0 Å². The molecule has 0 saturated carbocycles. The number of nitrogens with zero attached hydrogens (tertiary/aromatic N) is 1. The molecule has 0 heterocycles. The van der Waals surface area contributed by atoms with Crippen LogP contribution in [0.1, 0.15) is 5.56 Å². The minimum Gasteiger partial charge on any atom is -0.207 e. The van der Waals surface area contributed by atoms with Crippen LogP contribution in [0.5, 0.6) is 0 Å². The van der Waals surface area contributed by atoms with Gasteiger partial charge in [0.2, 0.25) is 10.0 Å². The van der Waals surface area contributed by atoms with Gasteiger partial charge in [0, 0.05) is 19.1 Å². The highest BCUT2D eigenvalue weighted by molar-refractivity contribution is 9.10. The number of sulfonamides is 1. The van der Waals surface area contributed by atoms with Crippen LogP contribution in [0.15, 0.2) is 15.4 Å². The molecule has 0 fully saturated rings. The van der Waals surface area contributed by atoms with E-state index < -0.39 is 20.7 Å². The van der Waals surface area contributed by atoms with Gasteiger partial charge >= 0.3 is 0 Å². The quantitative estimate of drug-likeness (QED) is 0.782. The average molecular weight is 331 g/mol. The third-order valence-electron chi connectivity index (χ3n) is 2.10. The Morgan fingerprint density at radius 2 is 1.94 bits per heavy atom. The second-order valence-electron chi connectivity index (χ2n) is 3.40. The van der Waals surface area contributed by atoms with E-state index in [-0.39, 0.29) is 15.1 Å². The molecular weight excluding hydrogens is 321 g/mol. The Balaban J connectivity index is 3.70. The third kappa shape index (κ3) is 2.25. The van der Waals surface area contributed by atoms with Crippen molar-refractivity contribution in [2.75, 3.05) is 14.1 Å². The van der Waals surface area contributed by atoms with E-state index in [1.54, 1.807) is 0 Å². The fraction of sp³-hybridized carbons (Fsp3) is 0.333. The van der Waals surface area contributed by atoms with E-state index in [1.165, 1.54) is 27.1 Å². The molecule has 1 aromatic carbocycles. The standard InChI is InChI=1S/C9H10BrClFNO2S/c1-5-7(11)4-6(10)8(12)9(5)16(14,15)13(2)3/h4H,1-3H3. The molecule has 1 rings (SSSR count). The molecule has 0 bridgehead atoms. The molecular formula is C9H10BrClFNO2S. The highest BCUT2D eigenvalue weighted by atomic mass is 79.9. The molecule has 0 spiro atoms. The smallest absolute Gasteiger partial charge is 0.207 e. The Morgan fingerprint density at radius 1 is 1.44 bits per heavy atom. The van der Waals surface area contributed by atoms with Crippen molar-refractivity contribution in [2.45, 2.75) is 11.8 Å². The minimum atomic E-state index is -3.84. The van der Waals surface area contributed by atoms with Gasteiger partial charge in [-0.2, -0.15) is 0 Å². The Labute approximate surface area is 107 Å². The molecule has 7 heteroatoms. The molecule has 0 unspecified atom stereocenters. The van der Waals surface area contributed by atoms with E-state index in [1.807, 2.05) is 0 Å². The number of benzene rings is 1. The monoisotopic (exact) mass is 329 g/mol. The van der Waals surface area contributed by atoms with Crippen LogP contribution in [0.3, 0.4) is 0 Å². The second-order valence-corrected chi connectivity index (χ2v) is 6.75. The number of hydrogen-bond donors (Lipinski definition) is 0. The summed E-state index contributed by atoms with van der Waals surface area (Å²) in [4.78, 5) is -0.392. The van der Waals surface area contributed by atoms with Gasteiger partial charge in [0.05, 0.1) is 4.47 Å². The number of rotatable bonds is 2. The molecule has 0 aliphatic carbocycles. The van der Waals surface area contributed by atoms with E-state index >= 15 is 0 Å². The van der Waals surface area contributed by atoms with Gasteiger partial charge in [-0.05, 0) is 34.5 Å². The summed E-state index contributed by atoms with van der Waals surface area (Å²) in [5.74, 6) is -0.824. The average Bonchev–Trinajstić information content (AvgIpc) is 2.14. The lowest BCUT2D eigenvalue weighted by atomic mass is 10.2. The van der Waals surface area contributed by atoms with Crippen molar-refractivity contribution < 1.29 is 12.8 Å². The van der Waals surface area contributed by atoms with Crippen LogP contribution in [0, 0.1) is 12.7 Å². The summed E-state index contributed by atoms with van der Waals surface area (Å²) in [5.41, 5.74) is 0.205. The van der Waals surface area contributed by atoms with Crippen LogP contribution in [0.4, 0.5) is 4.39 Å². The molecule has 0 aromatic heterocycles. The fourth-order valence-electron chi connectivity index (χ4n) is 1.15. The highest BCUT2D eigenvalue weighted by Gasteiger charge is 2.27. The lowest BCUT2D eigenvalue weighted by Gasteiger charge is -2.15. The van der Waals surface area contributed by atoms with E-state index in [0.717, 1.165) is 4.31 Å². The van der Waals surface area contributed by atoms with Crippen molar-refractivity contribution in [3.63, 3.8) is 0 Å². The third-order valence-corrected chi connectivity index (χ3v) is 5.03. The largest absolute Gasteiger partial charge is 0.245 e. The summed E-state index contributed by atoms with van der Waals surface area (Å²) in [6.07, 6.45) is 0. The Hall–Kier alpha value is -0.170. The molecule has 0 aliphatic rings. The van der Waals surface area contributed by atoms with Crippen LogP contribution in [-0.2, 0) is 10.0 Å². The van der Waals surface area contributed by atoms with Crippen LogP contribution < -0.4 is 0 Å². The van der Waals surface area contributed by atoms with E-state index in [0.29, 0.717) is 0 Å². The van der Waals surface area contributed by atoms with Crippen LogP contribution in [0.25, 0.3) is 0 Å². The van der Waals surface area contributed by atoms with Crippen LogP contribution in [-0.4, -0.2) is 26.8 Å². The van der Waals surface area contributed by atoms with Gasteiger partial charge in [0.15, 0.2) is 5.82 Å². The number of halogens is 3. The Kier molecular flexibility index (Phi) is 3.99. The molecule has 0 atom stereocenters. The molecule has 1 aromatic rings. The zero-order valence-corrected chi connectivity index (χ0v) is 12.0. The normalized spacial score (nSPS) is 12.2. The maximum Gasteiger partial charge on any atom is 0.245 e. The highest BCUT2D eigenvalue weighted by Crippen LogP contribution is 2.32. The summed E-state index contributed by atoms with van der Waals surface area (Å²) in [5, 5.41) is 0.203. The first kappa shape index (κ1) is 13.9. The molecule has 0 amide bonds. The van der Waals surface area contributed by atoms with Crippen molar-refractivity contribution in [3.8, 4) is 0 Å². The first-order chi connectivity index (χ1) is 7.19. The summed E-state index contributed by atoms with van der Waals surface area (Å²) in [6.45, 7) is 1.47. The predicted molar refractivity (Wildman–Crippen MR) is 64.7 cm³/mol. The van der Waals surface area contributed by atoms with Gasteiger partial charge in [0.1, 0.15) is 4.90 Å². The molecule has 90 valence electrons. The van der Waals surface area contributed by atoms with Crippen LogP contribution >= 0.6 is 27.5 Å². The summed E-state index contributed by atoms with van der Waals surface area (Å²) >= 11 is 8.75. The van der Waals surface area contributed by atoms with Crippen LogP contribution in [0.2, 0.25) is 5.02 Å². The zero-order valence-electron chi connectivity index (χ0n) is 8.88. The molecule has 0 N–H and O–H groups in total. The minimum absolute atomic E-state index is 0.0310. The maximum absolute atomic E-state index is 13.8. The van der Waals surface area contributed by atoms with E-state index in [2.05, 4.69) is 15.9 Å². The molecule has 3 nitrogen and oxygen atoms in total. The van der Waals surface area contributed by atoms with Crippen molar-refractivity contribution in [1.82, 2.24) is 4.31 Å². The maximum atomic E-state index is 13.8. The topological polar surface area (TPSA) is 37.4 Å². The SMILES string of the molecule is Cc1c(Cl)cc(Br)c(F)c1S(=O)(=O)N(C)C. The molecule has 0 saturated heterocycles. The van der Waals surface area contributed by atoms with Crippen molar-refractivity contribution >= 4 is 37.6 Å². The van der Waals surface area contributed by atoms with Gasteiger partial charge in [-0.1, -0.05) is 11.6 Å².